The lowest BCUT2D eigenvalue weighted by atomic mass is 9.96. The molecule has 0 aliphatic carbocycles. The van der Waals surface area contributed by atoms with Gasteiger partial charge in [0.15, 0.2) is 0 Å². The predicted octanol–water partition coefficient (Wildman–Crippen LogP) is 2.56. The number of carbonyl (C=O) groups excluding carboxylic acids is 1. The fourth-order valence-corrected chi connectivity index (χ4v) is 5.62. The van der Waals surface area contributed by atoms with E-state index < -0.39 is 10.0 Å². The smallest absolute Gasteiger partial charge is 0.236 e. The van der Waals surface area contributed by atoms with E-state index in [4.69, 9.17) is 4.74 Å². The Kier molecular flexibility index (Phi) is 9.28. The summed E-state index contributed by atoms with van der Waals surface area (Å²) in [5.41, 5.74) is 0.849. The highest BCUT2D eigenvalue weighted by molar-refractivity contribution is 7.92. The molecule has 2 heterocycles. The number of nitrogens with zero attached hydrogens (tertiary/aromatic N) is 2. The number of rotatable bonds is 9. The third-order valence-corrected chi connectivity index (χ3v) is 7.80. The number of piperidine rings is 1. The van der Waals surface area contributed by atoms with Gasteiger partial charge in [-0.15, -0.1) is 0 Å². The predicted molar refractivity (Wildman–Crippen MR) is 127 cm³/mol. The molecule has 1 amide bonds. The molecule has 1 unspecified atom stereocenters. The van der Waals surface area contributed by atoms with Gasteiger partial charge in [0.1, 0.15) is 0 Å². The zero-order valence-corrected chi connectivity index (χ0v) is 20.1. The van der Waals surface area contributed by atoms with E-state index in [0.29, 0.717) is 44.4 Å². The Bertz CT molecular complexity index is 843. The van der Waals surface area contributed by atoms with Crippen LogP contribution in [0.2, 0.25) is 0 Å². The minimum Gasteiger partial charge on any atom is -0.379 e. The van der Waals surface area contributed by atoms with Gasteiger partial charge in [-0.1, -0.05) is 44.2 Å². The first-order valence-electron chi connectivity index (χ1n) is 11.7. The summed E-state index contributed by atoms with van der Waals surface area (Å²) in [5.74, 6) is 0.463. The molecule has 2 saturated heterocycles. The molecule has 0 spiro atoms. The fraction of sp³-hybridized carbons (Fsp3) is 0.625. The van der Waals surface area contributed by atoms with Crippen LogP contribution in [-0.2, 0) is 19.6 Å². The van der Waals surface area contributed by atoms with Crippen LogP contribution < -0.4 is 5.32 Å². The third-order valence-electron chi connectivity index (χ3n) is 6.23. The number of carbonyl (C=O) groups is 1. The topological polar surface area (TPSA) is 79.0 Å². The summed E-state index contributed by atoms with van der Waals surface area (Å²) in [6.45, 7) is 9.09. The molecule has 0 radical (unpaired) electrons. The highest BCUT2D eigenvalue weighted by atomic mass is 32.2. The minimum absolute atomic E-state index is 0.0453. The summed E-state index contributed by atoms with van der Waals surface area (Å²) < 4.78 is 32.2. The Balaban J connectivity index is 1.48. The molecule has 0 bridgehead atoms. The van der Waals surface area contributed by atoms with E-state index in [9.17, 15) is 13.2 Å². The molecule has 1 N–H and O–H groups in total. The maximum absolute atomic E-state index is 12.8. The second-order valence-corrected chi connectivity index (χ2v) is 10.9. The van der Waals surface area contributed by atoms with Crippen LogP contribution in [0.3, 0.4) is 0 Å². The molecule has 8 heteroatoms. The van der Waals surface area contributed by atoms with Gasteiger partial charge in [0.25, 0.3) is 0 Å². The van der Waals surface area contributed by atoms with Crippen LogP contribution in [0.4, 0.5) is 0 Å². The van der Waals surface area contributed by atoms with Crippen molar-refractivity contribution in [2.24, 2.45) is 11.8 Å². The van der Waals surface area contributed by atoms with Crippen molar-refractivity contribution in [3.8, 4) is 0 Å². The van der Waals surface area contributed by atoms with Crippen molar-refractivity contribution < 1.29 is 17.9 Å². The van der Waals surface area contributed by atoms with Crippen molar-refractivity contribution in [1.82, 2.24) is 14.5 Å². The molecule has 1 aromatic carbocycles. The number of hydrogen-bond donors (Lipinski definition) is 1. The summed E-state index contributed by atoms with van der Waals surface area (Å²) in [7, 11) is -3.48. The lowest BCUT2D eigenvalue weighted by molar-refractivity contribution is -0.126. The van der Waals surface area contributed by atoms with Crippen LogP contribution >= 0.6 is 0 Å². The molecular weight excluding hydrogens is 426 g/mol. The second kappa shape index (κ2) is 11.9. The van der Waals surface area contributed by atoms with Crippen LogP contribution in [0.15, 0.2) is 35.7 Å². The van der Waals surface area contributed by atoms with Gasteiger partial charge in [0.2, 0.25) is 15.9 Å². The second-order valence-electron chi connectivity index (χ2n) is 9.11. The Morgan fingerprint density at radius 1 is 1.12 bits per heavy atom. The summed E-state index contributed by atoms with van der Waals surface area (Å²) in [6, 6.07) is 9.69. The Morgan fingerprint density at radius 3 is 2.41 bits per heavy atom. The first-order valence-corrected chi connectivity index (χ1v) is 13.2. The molecule has 1 atom stereocenters. The molecule has 2 aliphatic rings. The molecule has 3 rings (SSSR count). The van der Waals surface area contributed by atoms with Gasteiger partial charge < -0.3 is 10.1 Å². The highest BCUT2D eigenvalue weighted by Gasteiger charge is 2.30. The average Bonchev–Trinajstić information content (AvgIpc) is 2.81. The number of nitrogens with one attached hydrogen (secondary N) is 1. The average molecular weight is 464 g/mol. The zero-order valence-electron chi connectivity index (χ0n) is 19.3. The molecule has 7 nitrogen and oxygen atoms in total. The summed E-state index contributed by atoms with van der Waals surface area (Å²) in [6.07, 6.45) is 3.76. The lowest BCUT2D eigenvalue weighted by Gasteiger charge is -2.36. The van der Waals surface area contributed by atoms with Crippen LogP contribution in [0.1, 0.15) is 38.7 Å². The van der Waals surface area contributed by atoms with Crippen LogP contribution in [0, 0.1) is 11.8 Å². The number of benzene rings is 1. The van der Waals surface area contributed by atoms with Gasteiger partial charge in [-0.3, -0.25) is 9.69 Å². The first-order chi connectivity index (χ1) is 15.3. The van der Waals surface area contributed by atoms with E-state index in [1.54, 1.807) is 6.08 Å². The Morgan fingerprint density at radius 2 is 1.78 bits per heavy atom. The van der Waals surface area contributed by atoms with Crippen molar-refractivity contribution >= 4 is 22.0 Å². The largest absolute Gasteiger partial charge is 0.379 e. The number of morpholine rings is 1. The van der Waals surface area contributed by atoms with Crippen LogP contribution in [0.5, 0.6) is 0 Å². The standard InChI is InChI=1S/C24H37N3O4S/c1-20(2)18-23(26-13-15-31-16-14-26)19-25-24(28)22-8-11-27(12-9-22)32(29,30)17-10-21-6-4-3-5-7-21/h3-7,10,17,20,22-23H,8-9,11-16,18-19H2,1-2H3,(H,25,28)/b17-10+. The van der Waals surface area contributed by atoms with Crippen LogP contribution in [0.25, 0.3) is 6.08 Å². The van der Waals surface area contributed by atoms with Gasteiger partial charge in [-0.05, 0) is 36.8 Å². The third kappa shape index (κ3) is 7.40. The van der Waals surface area contributed by atoms with E-state index in [2.05, 4.69) is 24.1 Å². The van der Waals surface area contributed by atoms with E-state index in [-0.39, 0.29) is 11.8 Å². The van der Waals surface area contributed by atoms with Gasteiger partial charge in [0, 0.05) is 50.1 Å². The SMILES string of the molecule is CC(C)CC(CNC(=O)C1CCN(S(=O)(=O)/C=C/c2ccccc2)CC1)N1CCOCC1. The minimum atomic E-state index is -3.48. The lowest BCUT2D eigenvalue weighted by Crippen LogP contribution is -2.50. The number of ether oxygens (including phenoxy) is 1. The normalized spacial score (nSPS) is 20.6. The summed E-state index contributed by atoms with van der Waals surface area (Å²) in [5, 5.41) is 4.42. The van der Waals surface area contributed by atoms with E-state index >= 15 is 0 Å². The van der Waals surface area contributed by atoms with Crippen molar-refractivity contribution in [1.29, 1.82) is 0 Å². The van der Waals surface area contributed by atoms with Crippen LogP contribution in [-0.4, -0.2) is 75.5 Å². The van der Waals surface area contributed by atoms with E-state index in [0.717, 1.165) is 38.3 Å². The molecule has 178 valence electrons. The summed E-state index contributed by atoms with van der Waals surface area (Å²) in [4.78, 5) is 15.2. The molecule has 2 aliphatic heterocycles. The number of sulfonamides is 1. The first kappa shape index (κ1) is 24.9. The zero-order chi connectivity index (χ0) is 23.0. The fourth-order valence-electron chi connectivity index (χ4n) is 4.40. The van der Waals surface area contributed by atoms with Gasteiger partial charge >= 0.3 is 0 Å². The van der Waals surface area contributed by atoms with Gasteiger partial charge in [0.05, 0.1) is 13.2 Å². The Hall–Kier alpha value is -1.74. The molecule has 2 fully saturated rings. The summed E-state index contributed by atoms with van der Waals surface area (Å²) >= 11 is 0. The van der Waals surface area contributed by atoms with Gasteiger partial charge in [-0.25, -0.2) is 8.42 Å². The maximum atomic E-state index is 12.8. The van der Waals surface area contributed by atoms with Gasteiger partial charge in [-0.2, -0.15) is 4.31 Å². The van der Waals surface area contributed by atoms with E-state index in [1.807, 2.05) is 30.3 Å². The van der Waals surface area contributed by atoms with Crippen molar-refractivity contribution in [2.45, 2.75) is 39.2 Å². The monoisotopic (exact) mass is 463 g/mol. The highest BCUT2D eigenvalue weighted by Crippen LogP contribution is 2.21. The number of amides is 1. The van der Waals surface area contributed by atoms with Crippen molar-refractivity contribution in [3.63, 3.8) is 0 Å². The Labute approximate surface area is 192 Å². The molecule has 0 saturated carbocycles. The maximum Gasteiger partial charge on any atom is 0.236 e. The molecule has 1 aromatic rings. The molecule has 32 heavy (non-hydrogen) atoms. The van der Waals surface area contributed by atoms with E-state index in [1.165, 1.54) is 9.71 Å². The molecule has 0 aromatic heterocycles. The quantitative estimate of drug-likeness (QED) is 0.609. The van der Waals surface area contributed by atoms with Crippen molar-refractivity contribution in [2.75, 3.05) is 45.9 Å². The van der Waals surface area contributed by atoms with Crippen molar-refractivity contribution in [3.05, 3.63) is 41.3 Å². The number of hydrogen-bond acceptors (Lipinski definition) is 5. The molecular formula is C24H37N3O4S.